The molecule has 2 aromatic rings. The van der Waals surface area contributed by atoms with Gasteiger partial charge >= 0.3 is 12.1 Å². The Kier molecular flexibility index (Phi) is 7.18. The minimum absolute atomic E-state index is 0.0114. The van der Waals surface area contributed by atoms with Crippen molar-refractivity contribution in [2.75, 3.05) is 13.2 Å². The number of carbonyl (C=O) groups excluding carboxylic acids is 2. The van der Waals surface area contributed by atoms with Crippen LogP contribution < -0.4 is 10.6 Å². The van der Waals surface area contributed by atoms with Gasteiger partial charge in [-0.3, -0.25) is 9.59 Å². The van der Waals surface area contributed by atoms with E-state index >= 15 is 0 Å². The molecule has 0 saturated heterocycles. The molecule has 7 heteroatoms. The summed E-state index contributed by atoms with van der Waals surface area (Å²) in [4.78, 5) is 35.3. The lowest BCUT2D eigenvalue weighted by molar-refractivity contribution is -0.137. The molecule has 0 radical (unpaired) electrons. The number of carboxylic acids is 1. The molecule has 3 N–H and O–H groups in total. The third-order valence-corrected chi connectivity index (χ3v) is 5.58. The molecule has 1 aliphatic rings. The van der Waals surface area contributed by atoms with E-state index in [1.807, 2.05) is 38.1 Å². The third-order valence-electron chi connectivity index (χ3n) is 5.58. The van der Waals surface area contributed by atoms with Gasteiger partial charge < -0.3 is 20.5 Å². The van der Waals surface area contributed by atoms with Gasteiger partial charge in [0.2, 0.25) is 5.91 Å². The number of carbonyl (C=O) groups is 3. The van der Waals surface area contributed by atoms with Crippen molar-refractivity contribution in [1.82, 2.24) is 10.6 Å². The van der Waals surface area contributed by atoms with Gasteiger partial charge in [-0.05, 0) is 34.6 Å². The van der Waals surface area contributed by atoms with Crippen molar-refractivity contribution in [1.29, 1.82) is 0 Å². The summed E-state index contributed by atoms with van der Waals surface area (Å²) in [7, 11) is 0. The average Bonchev–Trinajstić information content (AvgIpc) is 3.03. The van der Waals surface area contributed by atoms with Crippen LogP contribution in [0.2, 0.25) is 0 Å². The Balaban J connectivity index is 1.50. The number of aliphatic carboxylic acids is 1. The predicted octanol–water partition coefficient (Wildman–Crippen LogP) is 3.92. The molecule has 32 heavy (non-hydrogen) atoms. The molecule has 0 heterocycles. The number of alkyl carbamates (subject to hydrolysis) is 1. The van der Waals surface area contributed by atoms with Crippen LogP contribution in [0.5, 0.6) is 0 Å². The standard InChI is InChI=1S/C25H30N2O5/c1-16(12-23(29)30)27-22(28)13-25(2,3)15-26-24(31)32-14-21-19-10-6-4-8-17(19)18-9-5-7-11-20(18)21/h4-11,16,21H,12-15H2,1-3H3,(H,26,31)(H,27,28)(H,29,30)/t16-/m0/s1. The van der Waals surface area contributed by atoms with Gasteiger partial charge in [0, 0.05) is 24.9 Å². The number of rotatable bonds is 9. The molecule has 0 aliphatic heterocycles. The molecule has 0 bridgehead atoms. The van der Waals surface area contributed by atoms with Crippen LogP contribution in [0.15, 0.2) is 48.5 Å². The van der Waals surface area contributed by atoms with Gasteiger partial charge in [0.05, 0.1) is 6.42 Å². The van der Waals surface area contributed by atoms with E-state index in [9.17, 15) is 14.4 Å². The number of ether oxygens (including phenoxy) is 1. The summed E-state index contributed by atoms with van der Waals surface area (Å²) in [5, 5.41) is 14.2. The van der Waals surface area contributed by atoms with Crippen molar-refractivity contribution >= 4 is 18.0 Å². The lowest BCUT2D eigenvalue weighted by atomic mass is 9.89. The van der Waals surface area contributed by atoms with E-state index in [2.05, 4.69) is 34.9 Å². The Bertz CT molecular complexity index is 956. The number of amides is 2. The molecular formula is C25H30N2O5. The van der Waals surface area contributed by atoms with Crippen molar-refractivity contribution < 1.29 is 24.2 Å². The Hall–Kier alpha value is -3.35. The average molecular weight is 439 g/mol. The zero-order valence-electron chi connectivity index (χ0n) is 18.7. The second-order valence-electron chi connectivity index (χ2n) is 9.09. The molecule has 3 rings (SSSR count). The van der Waals surface area contributed by atoms with Gasteiger partial charge in [-0.1, -0.05) is 62.4 Å². The summed E-state index contributed by atoms with van der Waals surface area (Å²) < 4.78 is 5.53. The second-order valence-corrected chi connectivity index (χ2v) is 9.09. The van der Waals surface area contributed by atoms with E-state index in [-0.39, 0.29) is 37.8 Å². The SMILES string of the molecule is C[C@@H](CC(=O)O)NC(=O)CC(C)(C)CNC(=O)OCC1c2ccccc2-c2ccccc21. The van der Waals surface area contributed by atoms with Gasteiger partial charge in [0.15, 0.2) is 0 Å². The Morgan fingerprint density at radius 2 is 1.59 bits per heavy atom. The molecule has 1 atom stereocenters. The van der Waals surface area contributed by atoms with E-state index in [0.717, 1.165) is 11.1 Å². The lowest BCUT2D eigenvalue weighted by Gasteiger charge is -2.25. The quantitative estimate of drug-likeness (QED) is 0.550. The number of fused-ring (bicyclic) bond motifs is 3. The first kappa shape index (κ1) is 23.3. The van der Waals surface area contributed by atoms with Crippen LogP contribution in [-0.4, -0.2) is 42.3 Å². The van der Waals surface area contributed by atoms with Crippen LogP contribution >= 0.6 is 0 Å². The van der Waals surface area contributed by atoms with Gasteiger partial charge in [0.25, 0.3) is 0 Å². The fraction of sp³-hybridized carbons (Fsp3) is 0.400. The van der Waals surface area contributed by atoms with Crippen molar-refractivity contribution in [2.45, 2.75) is 45.6 Å². The summed E-state index contributed by atoms with van der Waals surface area (Å²) >= 11 is 0. The zero-order valence-corrected chi connectivity index (χ0v) is 18.7. The maximum absolute atomic E-state index is 12.4. The Morgan fingerprint density at radius 3 is 2.16 bits per heavy atom. The Labute approximate surface area is 188 Å². The first-order valence-corrected chi connectivity index (χ1v) is 10.8. The number of carboxylic acid groups (broad SMARTS) is 1. The molecule has 170 valence electrons. The molecule has 0 fully saturated rings. The van der Waals surface area contributed by atoms with Crippen molar-refractivity contribution in [3.8, 4) is 11.1 Å². The van der Waals surface area contributed by atoms with Crippen molar-refractivity contribution in [3.05, 3.63) is 59.7 Å². The van der Waals surface area contributed by atoms with Crippen LogP contribution in [-0.2, 0) is 14.3 Å². The molecule has 1 aliphatic carbocycles. The minimum Gasteiger partial charge on any atom is -0.481 e. The molecule has 7 nitrogen and oxygen atoms in total. The molecule has 0 aromatic heterocycles. The highest BCUT2D eigenvalue weighted by atomic mass is 16.5. The van der Waals surface area contributed by atoms with E-state index in [1.165, 1.54) is 11.1 Å². The smallest absolute Gasteiger partial charge is 0.407 e. The first-order valence-electron chi connectivity index (χ1n) is 10.8. The lowest BCUT2D eigenvalue weighted by Crippen LogP contribution is -2.40. The summed E-state index contributed by atoms with van der Waals surface area (Å²) in [6.07, 6.45) is -0.510. The summed E-state index contributed by atoms with van der Waals surface area (Å²) in [6, 6.07) is 15.8. The summed E-state index contributed by atoms with van der Waals surface area (Å²) in [5.41, 5.74) is 4.12. The van der Waals surface area contributed by atoms with Gasteiger partial charge in [-0.15, -0.1) is 0 Å². The highest BCUT2D eigenvalue weighted by Gasteiger charge is 2.29. The fourth-order valence-electron chi connectivity index (χ4n) is 4.10. The van der Waals surface area contributed by atoms with Crippen LogP contribution in [0.4, 0.5) is 4.79 Å². The highest BCUT2D eigenvalue weighted by Crippen LogP contribution is 2.44. The highest BCUT2D eigenvalue weighted by molar-refractivity contribution is 5.79. The topological polar surface area (TPSA) is 105 Å². The summed E-state index contributed by atoms with van der Waals surface area (Å²) in [6.45, 7) is 5.85. The Morgan fingerprint density at radius 1 is 1.03 bits per heavy atom. The van der Waals surface area contributed by atoms with Gasteiger partial charge in [-0.2, -0.15) is 0 Å². The second kappa shape index (κ2) is 9.85. The molecule has 0 unspecified atom stereocenters. The maximum Gasteiger partial charge on any atom is 0.407 e. The van der Waals surface area contributed by atoms with E-state index in [0.29, 0.717) is 0 Å². The van der Waals surface area contributed by atoms with Crippen LogP contribution in [0.25, 0.3) is 11.1 Å². The van der Waals surface area contributed by atoms with E-state index in [4.69, 9.17) is 9.84 Å². The third kappa shape index (κ3) is 5.87. The fourth-order valence-corrected chi connectivity index (χ4v) is 4.10. The number of hydrogen-bond donors (Lipinski definition) is 3. The predicted molar refractivity (Wildman–Crippen MR) is 121 cm³/mol. The van der Waals surface area contributed by atoms with Crippen molar-refractivity contribution in [2.24, 2.45) is 5.41 Å². The van der Waals surface area contributed by atoms with Gasteiger partial charge in [0.1, 0.15) is 6.61 Å². The molecular weight excluding hydrogens is 408 g/mol. The van der Waals surface area contributed by atoms with Crippen LogP contribution in [0.1, 0.15) is 50.7 Å². The molecule has 2 amide bonds. The number of nitrogens with one attached hydrogen (secondary N) is 2. The van der Waals surface area contributed by atoms with Crippen molar-refractivity contribution in [3.63, 3.8) is 0 Å². The first-order chi connectivity index (χ1) is 15.2. The largest absolute Gasteiger partial charge is 0.481 e. The van der Waals surface area contributed by atoms with Crippen LogP contribution in [0.3, 0.4) is 0 Å². The zero-order chi connectivity index (χ0) is 23.3. The molecule has 0 spiro atoms. The van der Waals surface area contributed by atoms with E-state index < -0.39 is 23.5 Å². The molecule has 2 aromatic carbocycles. The minimum atomic E-state index is -0.964. The molecule has 0 saturated carbocycles. The van der Waals surface area contributed by atoms with Gasteiger partial charge in [-0.25, -0.2) is 4.79 Å². The number of benzene rings is 2. The maximum atomic E-state index is 12.4. The normalized spacial score (nSPS) is 13.6. The summed E-state index contributed by atoms with van der Waals surface area (Å²) in [5.74, 6) is -1.23. The monoisotopic (exact) mass is 438 g/mol. The van der Waals surface area contributed by atoms with Crippen LogP contribution in [0, 0.1) is 5.41 Å². The van der Waals surface area contributed by atoms with E-state index in [1.54, 1.807) is 6.92 Å². The number of hydrogen-bond acceptors (Lipinski definition) is 4.